The number of Topliss-reactive ketones (excluding diaryl/α,β-unsaturated/α-hetero) is 2. The first-order valence-corrected chi connectivity index (χ1v) is 14.0. The summed E-state index contributed by atoms with van der Waals surface area (Å²) in [5.74, 6) is 1.38. The van der Waals surface area contributed by atoms with Gasteiger partial charge in [-0.15, -0.1) is 0 Å². The van der Waals surface area contributed by atoms with Crippen molar-refractivity contribution < 1.29 is 34.0 Å². The monoisotopic (exact) mass is 589 g/mol. The predicted octanol–water partition coefficient (Wildman–Crippen LogP) is 3.18. The molecule has 2 aromatic carbocycles. The number of imidazole rings is 1. The summed E-state index contributed by atoms with van der Waals surface area (Å²) < 4.78 is 18.0. The minimum absolute atomic E-state index is 0.0273. The zero-order chi connectivity index (χ0) is 30.7. The normalized spacial score (nSPS) is 19.9. The molecule has 12 nitrogen and oxygen atoms in total. The summed E-state index contributed by atoms with van der Waals surface area (Å²) in [4.78, 5) is 38.0. The number of anilines is 1. The second kappa shape index (κ2) is 12.9. The van der Waals surface area contributed by atoms with Crippen molar-refractivity contribution in [2.24, 2.45) is 0 Å². The van der Waals surface area contributed by atoms with Gasteiger partial charge in [-0.25, -0.2) is 15.0 Å². The summed E-state index contributed by atoms with van der Waals surface area (Å²) >= 11 is 0. The Bertz CT molecular complexity index is 1620. The quantitative estimate of drug-likeness (QED) is 0.208. The molecule has 12 heteroatoms. The standard InChI is InChI=1S/C31H35N5O7/c1-5-21(37)28-25(39)26(40)31(43-28)36-16-35-24-29(33-15-34-30(24)36)32-14-19-8-6-18(7-9-19)10-11-22(38)20-12-17(2)27(42-4)23(13-20)41-3/h6-9,12-13,15-16,25-26,28,31,39-40H,5,10-11,14H2,1-4H3,(H,32,33,34)/t25?,26-,28+,31+/m0/s1. The van der Waals surface area contributed by atoms with Crippen molar-refractivity contribution in [1.29, 1.82) is 0 Å². The van der Waals surface area contributed by atoms with Crippen LogP contribution in [0.3, 0.4) is 0 Å². The highest BCUT2D eigenvalue weighted by Gasteiger charge is 2.47. The van der Waals surface area contributed by atoms with Gasteiger partial charge >= 0.3 is 0 Å². The largest absolute Gasteiger partial charge is 0.493 e. The molecule has 1 aliphatic heterocycles. The van der Waals surface area contributed by atoms with Gasteiger partial charge in [0.2, 0.25) is 0 Å². The first-order valence-electron chi connectivity index (χ1n) is 14.0. The molecular formula is C31H35N5O7. The van der Waals surface area contributed by atoms with Gasteiger partial charge in [0.05, 0.1) is 20.5 Å². The van der Waals surface area contributed by atoms with Crippen LogP contribution in [0.2, 0.25) is 0 Å². The predicted molar refractivity (Wildman–Crippen MR) is 157 cm³/mol. The molecule has 43 heavy (non-hydrogen) atoms. The molecule has 0 saturated carbocycles. The smallest absolute Gasteiger partial charge is 0.167 e. The fourth-order valence-corrected chi connectivity index (χ4v) is 5.25. The van der Waals surface area contributed by atoms with Gasteiger partial charge < -0.3 is 29.7 Å². The number of hydrogen-bond acceptors (Lipinski definition) is 11. The summed E-state index contributed by atoms with van der Waals surface area (Å²) in [5, 5.41) is 24.2. The van der Waals surface area contributed by atoms with E-state index in [1.807, 2.05) is 37.3 Å². The maximum Gasteiger partial charge on any atom is 0.167 e. The third kappa shape index (κ3) is 6.07. The van der Waals surface area contributed by atoms with Crippen LogP contribution >= 0.6 is 0 Å². The van der Waals surface area contributed by atoms with E-state index >= 15 is 0 Å². The Balaban J connectivity index is 1.21. The first kappa shape index (κ1) is 30.1. The maximum absolute atomic E-state index is 12.9. The molecular weight excluding hydrogens is 554 g/mol. The number of aliphatic hydroxyl groups excluding tert-OH is 2. The average Bonchev–Trinajstić information content (AvgIpc) is 3.58. The van der Waals surface area contributed by atoms with E-state index in [0.29, 0.717) is 53.4 Å². The van der Waals surface area contributed by atoms with Crippen molar-refractivity contribution in [1.82, 2.24) is 19.5 Å². The van der Waals surface area contributed by atoms with Crippen LogP contribution in [0.4, 0.5) is 5.82 Å². The number of aryl methyl sites for hydroxylation is 2. The van der Waals surface area contributed by atoms with Crippen molar-refractivity contribution in [3.8, 4) is 11.5 Å². The van der Waals surface area contributed by atoms with Gasteiger partial charge in [0.25, 0.3) is 0 Å². The summed E-state index contributed by atoms with van der Waals surface area (Å²) in [6.07, 6.45) is -0.835. The highest BCUT2D eigenvalue weighted by atomic mass is 16.6. The van der Waals surface area contributed by atoms with Crippen molar-refractivity contribution in [2.75, 3.05) is 19.5 Å². The lowest BCUT2D eigenvalue weighted by Crippen LogP contribution is -2.35. The molecule has 0 bridgehead atoms. The number of nitrogens with one attached hydrogen (secondary N) is 1. The molecule has 0 radical (unpaired) electrons. The van der Waals surface area contributed by atoms with Crippen LogP contribution in [0.15, 0.2) is 49.1 Å². The third-order valence-corrected chi connectivity index (χ3v) is 7.65. The van der Waals surface area contributed by atoms with Crippen LogP contribution < -0.4 is 14.8 Å². The van der Waals surface area contributed by atoms with Crippen molar-refractivity contribution in [2.45, 2.75) is 64.2 Å². The van der Waals surface area contributed by atoms with Crippen LogP contribution in [-0.2, 0) is 22.5 Å². The van der Waals surface area contributed by atoms with E-state index in [2.05, 4.69) is 20.3 Å². The second-order valence-corrected chi connectivity index (χ2v) is 10.4. The Hall–Kier alpha value is -4.39. The minimum Gasteiger partial charge on any atom is -0.493 e. The molecule has 4 atom stereocenters. The second-order valence-electron chi connectivity index (χ2n) is 10.4. The van der Waals surface area contributed by atoms with Gasteiger partial charge in [-0.05, 0) is 42.2 Å². The van der Waals surface area contributed by atoms with Crippen LogP contribution in [0.1, 0.15) is 53.0 Å². The highest BCUT2D eigenvalue weighted by Crippen LogP contribution is 2.34. The molecule has 2 aromatic heterocycles. The van der Waals surface area contributed by atoms with Crippen molar-refractivity contribution in [3.05, 3.63) is 71.3 Å². The lowest BCUT2D eigenvalue weighted by Gasteiger charge is -2.16. The highest BCUT2D eigenvalue weighted by molar-refractivity contribution is 5.97. The lowest BCUT2D eigenvalue weighted by atomic mass is 10.00. The van der Waals surface area contributed by atoms with Gasteiger partial charge in [-0.1, -0.05) is 31.2 Å². The zero-order valence-corrected chi connectivity index (χ0v) is 24.5. The molecule has 1 fully saturated rings. The number of carbonyl (C=O) groups excluding carboxylic acids is 2. The van der Waals surface area contributed by atoms with Gasteiger partial charge in [0.15, 0.2) is 46.3 Å². The zero-order valence-electron chi connectivity index (χ0n) is 24.5. The van der Waals surface area contributed by atoms with E-state index in [9.17, 15) is 19.8 Å². The number of aromatic nitrogens is 4. The van der Waals surface area contributed by atoms with Gasteiger partial charge in [-0.2, -0.15) is 0 Å². The number of hydrogen-bond donors (Lipinski definition) is 3. The van der Waals surface area contributed by atoms with Gasteiger partial charge in [0, 0.05) is 24.9 Å². The SMILES string of the molecule is CCC(=O)[C@H]1O[C@@H](n2cnc3c(NCc4ccc(CCC(=O)c5cc(C)c(OC)c(OC)c5)cc4)ncnc32)[C@@H](O)C1O. The van der Waals surface area contributed by atoms with Gasteiger partial charge in [0.1, 0.15) is 24.6 Å². The van der Waals surface area contributed by atoms with Crippen molar-refractivity contribution in [3.63, 3.8) is 0 Å². The minimum atomic E-state index is -1.34. The number of ketones is 2. The Kier molecular flexibility index (Phi) is 9.00. The number of aliphatic hydroxyl groups is 2. The van der Waals surface area contributed by atoms with Crippen molar-refractivity contribution >= 4 is 28.5 Å². The van der Waals surface area contributed by atoms with E-state index in [0.717, 1.165) is 16.7 Å². The number of rotatable bonds is 12. The lowest BCUT2D eigenvalue weighted by molar-refractivity contribution is -0.135. The molecule has 5 rings (SSSR count). The van der Waals surface area contributed by atoms with E-state index in [4.69, 9.17) is 14.2 Å². The molecule has 3 N–H and O–H groups in total. The average molecular weight is 590 g/mol. The summed E-state index contributed by atoms with van der Waals surface area (Å²) in [7, 11) is 3.13. The summed E-state index contributed by atoms with van der Waals surface area (Å²) in [6, 6.07) is 11.5. The maximum atomic E-state index is 12.9. The molecule has 1 aliphatic rings. The molecule has 226 valence electrons. The van der Waals surface area contributed by atoms with E-state index < -0.39 is 24.5 Å². The molecule has 1 saturated heterocycles. The van der Waals surface area contributed by atoms with E-state index in [1.165, 1.54) is 17.2 Å². The summed E-state index contributed by atoms with van der Waals surface area (Å²) in [6.45, 7) is 4.01. The first-order chi connectivity index (χ1) is 20.7. The molecule has 0 amide bonds. The van der Waals surface area contributed by atoms with Gasteiger partial charge in [-0.3, -0.25) is 14.2 Å². The molecule has 3 heterocycles. The van der Waals surface area contributed by atoms with Crippen LogP contribution in [0, 0.1) is 6.92 Å². The third-order valence-electron chi connectivity index (χ3n) is 7.65. The number of methoxy groups -OCH3 is 2. The topological polar surface area (TPSA) is 158 Å². The Morgan fingerprint density at radius 2 is 1.77 bits per heavy atom. The molecule has 0 aliphatic carbocycles. The number of benzene rings is 2. The van der Waals surface area contributed by atoms with E-state index in [-0.39, 0.29) is 18.0 Å². The number of carbonyl (C=O) groups is 2. The Morgan fingerprint density at radius 3 is 2.47 bits per heavy atom. The molecule has 4 aromatic rings. The Labute approximate surface area is 248 Å². The Morgan fingerprint density at radius 1 is 1.02 bits per heavy atom. The van der Waals surface area contributed by atoms with Crippen LogP contribution in [0.5, 0.6) is 11.5 Å². The fourth-order valence-electron chi connectivity index (χ4n) is 5.25. The number of nitrogens with zero attached hydrogens (tertiary/aromatic N) is 4. The van der Waals surface area contributed by atoms with Crippen LogP contribution in [-0.4, -0.2) is 73.8 Å². The number of ether oxygens (including phenoxy) is 3. The summed E-state index contributed by atoms with van der Waals surface area (Å²) in [5.41, 5.74) is 4.32. The van der Waals surface area contributed by atoms with E-state index in [1.54, 1.807) is 27.2 Å². The van der Waals surface area contributed by atoms with Crippen LogP contribution in [0.25, 0.3) is 11.2 Å². The molecule has 0 spiro atoms. The fraction of sp³-hybridized carbons (Fsp3) is 0.387. The molecule has 1 unspecified atom stereocenters. The number of fused-ring (bicyclic) bond motifs is 1.